The molecule has 1 heterocycles. The van der Waals surface area contributed by atoms with E-state index in [-0.39, 0.29) is 5.41 Å². The van der Waals surface area contributed by atoms with E-state index in [1.807, 2.05) is 6.07 Å². The number of para-hydroxylation sites is 1. The van der Waals surface area contributed by atoms with Crippen molar-refractivity contribution in [1.29, 1.82) is 0 Å². The molecule has 0 aliphatic heterocycles. The highest BCUT2D eigenvalue weighted by Crippen LogP contribution is 2.65. The van der Waals surface area contributed by atoms with Gasteiger partial charge in [0.1, 0.15) is 11.2 Å². The zero-order valence-corrected chi connectivity index (χ0v) is 33.4. The Morgan fingerprint density at radius 3 is 1.68 bits per heavy atom. The predicted molar refractivity (Wildman–Crippen MR) is 248 cm³/mol. The summed E-state index contributed by atoms with van der Waals surface area (Å²) in [6.07, 6.45) is 0. The monoisotopic (exact) mass is 765 g/mol. The van der Waals surface area contributed by atoms with Crippen LogP contribution >= 0.6 is 0 Å². The molecule has 0 atom stereocenters. The highest BCUT2D eigenvalue weighted by molar-refractivity contribution is 6.12. The predicted octanol–water partition coefficient (Wildman–Crippen LogP) is 15.4. The summed E-state index contributed by atoms with van der Waals surface area (Å²) in [6.45, 7) is 4.75. The molecule has 13 rings (SSSR count). The van der Waals surface area contributed by atoms with E-state index in [0.717, 1.165) is 50.1 Å². The van der Waals surface area contributed by atoms with Crippen LogP contribution in [0.3, 0.4) is 0 Å². The van der Waals surface area contributed by atoms with Crippen LogP contribution in [0.2, 0.25) is 0 Å². The Morgan fingerprint density at radius 1 is 0.383 bits per heavy atom. The zero-order chi connectivity index (χ0) is 39.7. The lowest BCUT2D eigenvalue weighted by Gasteiger charge is -2.32. The molecule has 1 spiro atoms. The van der Waals surface area contributed by atoms with E-state index in [2.05, 4.69) is 213 Å². The number of hydrogen-bond donors (Lipinski definition) is 0. The minimum absolute atomic E-state index is 0.153. The molecular formula is C58H39NO. The van der Waals surface area contributed by atoms with E-state index >= 15 is 0 Å². The van der Waals surface area contributed by atoms with Gasteiger partial charge in [-0.1, -0.05) is 172 Å². The molecule has 0 unspecified atom stereocenters. The van der Waals surface area contributed by atoms with Crippen LogP contribution in [0.4, 0.5) is 17.1 Å². The number of furan rings is 1. The van der Waals surface area contributed by atoms with E-state index in [0.29, 0.717) is 0 Å². The maximum Gasteiger partial charge on any atom is 0.136 e. The fraction of sp³-hybridized carbons (Fsp3) is 0.0690. The summed E-state index contributed by atoms with van der Waals surface area (Å²) in [6, 6.07) is 74.3. The van der Waals surface area contributed by atoms with E-state index in [1.54, 1.807) is 0 Å². The first-order valence-corrected chi connectivity index (χ1v) is 21.0. The third-order valence-electron chi connectivity index (χ3n) is 13.9. The van der Waals surface area contributed by atoms with Gasteiger partial charge in [0, 0.05) is 33.1 Å². The molecule has 9 aromatic carbocycles. The first kappa shape index (κ1) is 33.5. The van der Waals surface area contributed by atoms with Crippen molar-refractivity contribution >= 4 is 39.0 Å². The van der Waals surface area contributed by atoms with E-state index < -0.39 is 5.41 Å². The van der Waals surface area contributed by atoms with Crippen LogP contribution in [-0.2, 0) is 10.8 Å². The lowest BCUT2D eigenvalue weighted by Crippen LogP contribution is -2.26. The van der Waals surface area contributed by atoms with Gasteiger partial charge in [0.2, 0.25) is 0 Å². The second kappa shape index (κ2) is 12.1. The van der Waals surface area contributed by atoms with Gasteiger partial charge in [-0.25, -0.2) is 0 Å². The summed E-state index contributed by atoms with van der Waals surface area (Å²) < 4.78 is 6.39. The fourth-order valence-electron chi connectivity index (χ4n) is 11.4. The largest absolute Gasteiger partial charge is 0.456 e. The van der Waals surface area contributed by atoms with Crippen molar-refractivity contribution in [3.63, 3.8) is 0 Å². The average molecular weight is 766 g/mol. The van der Waals surface area contributed by atoms with Crippen molar-refractivity contribution < 1.29 is 4.42 Å². The number of benzene rings is 9. The molecule has 0 fully saturated rings. The Kier molecular flexibility index (Phi) is 6.74. The zero-order valence-electron chi connectivity index (χ0n) is 33.4. The molecule has 282 valence electrons. The van der Waals surface area contributed by atoms with Crippen molar-refractivity contribution in [1.82, 2.24) is 0 Å². The molecule has 60 heavy (non-hydrogen) atoms. The van der Waals surface area contributed by atoms with Gasteiger partial charge < -0.3 is 9.32 Å². The Bertz CT molecular complexity index is 3390. The Hall–Kier alpha value is -7.42. The molecule has 10 aromatic rings. The molecule has 2 heteroatoms. The van der Waals surface area contributed by atoms with Gasteiger partial charge in [0.25, 0.3) is 0 Å². The normalized spacial score (nSPS) is 14.4. The number of nitrogens with zero attached hydrogens (tertiary/aromatic N) is 1. The molecular weight excluding hydrogens is 727 g/mol. The molecule has 0 bridgehead atoms. The maximum atomic E-state index is 6.39. The Balaban J connectivity index is 1.09. The molecule has 0 N–H and O–H groups in total. The standard InChI is InChI=1S/C58H39NO/c1-57(2)46-24-8-3-18-40(46)43-33-32-38(35-51(43)57)59(37-17-13-16-36(34-37)39-23-14-31-54-55(39)45-22-7-12-30-53(45)60-54)52-29-15-28-50-56(52)44-21-6-11-27-49(44)58(50)47-25-9-4-19-41(47)42-20-5-10-26-48(42)58/h3-35H,1-2H3. The number of hydrogen-bond acceptors (Lipinski definition) is 2. The third-order valence-corrected chi connectivity index (χ3v) is 13.9. The lowest BCUT2D eigenvalue weighted by molar-refractivity contribution is 0.660. The summed E-state index contributed by atoms with van der Waals surface area (Å²) in [5, 5.41) is 2.27. The van der Waals surface area contributed by atoms with Crippen LogP contribution in [0.25, 0.3) is 66.4 Å². The summed E-state index contributed by atoms with van der Waals surface area (Å²) >= 11 is 0. The van der Waals surface area contributed by atoms with Gasteiger partial charge in [-0.05, 0) is 115 Å². The Morgan fingerprint density at radius 2 is 0.917 bits per heavy atom. The van der Waals surface area contributed by atoms with Crippen LogP contribution in [0.15, 0.2) is 205 Å². The SMILES string of the molecule is CC1(C)c2ccccc2-c2ccc(N(c3cccc(-c4cccc5oc6ccccc6c45)c3)c3cccc4c3-c3ccccc3C43c4ccccc4-c4ccccc43)cc21. The quantitative estimate of drug-likeness (QED) is 0.177. The summed E-state index contributed by atoms with van der Waals surface area (Å²) in [5.41, 5.74) is 22.8. The van der Waals surface area contributed by atoms with Crippen LogP contribution < -0.4 is 4.90 Å². The van der Waals surface area contributed by atoms with Gasteiger partial charge in [-0.3, -0.25) is 0 Å². The molecule has 0 radical (unpaired) electrons. The first-order chi connectivity index (χ1) is 29.5. The molecule has 0 saturated heterocycles. The lowest BCUT2D eigenvalue weighted by atomic mass is 9.70. The third kappa shape index (κ3) is 4.27. The number of fused-ring (bicyclic) bond motifs is 16. The van der Waals surface area contributed by atoms with Crippen molar-refractivity contribution in [2.45, 2.75) is 24.7 Å². The smallest absolute Gasteiger partial charge is 0.136 e. The van der Waals surface area contributed by atoms with Crippen LogP contribution in [0, 0.1) is 0 Å². The van der Waals surface area contributed by atoms with Crippen molar-refractivity contribution in [2.75, 3.05) is 4.90 Å². The van der Waals surface area contributed by atoms with Gasteiger partial charge in [-0.2, -0.15) is 0 Å². The molecule has 2 nitrogen and oxygen atoms in total. The molecule has 0 amide bonds. The van der Waals surface area contributed by atoms with Crippen molar-refractivity contribution in [2.24, 2.45) is 0 Å². The summed E-state index contributed by atoms with van der Waals surface area (Å²) in [4.78, 5) is 2.53. The fourth-order valence-corrected chi connectivity index (χ4v) is 11.4. The number of anilines is 3. The van der Waals surface area contributed by atoms with Gasteiger partial charge in [-0.15, -0.1) is 0 Å². The minimum atomic E-state index is -0.442. The van der Waals surface area contributed by atoms with Crippen LogP contribution in [0.1, 0.15) is 47.2 Å². The van der Waals surface area contributed by atoms with Crippen LogP contribution in [-0.4, -0.2) is 0 Å². The van der Waals surface area contributed by atoms with E-state index in [9.17, 15) is 0 Å². The maximum absolute atomic E-state index is 6.39. The molecule has 1 aromatic heterocycles. The second-order valence-corrected chi connectivity index (χ2v) is 17.1. The van der Waals surface area contributed by atoms with Gasteiger partial charge >= 0.3 is 0 Å². The first-order valence-electron chi connectivity index (χ1n) is 21.0. The highest BCUT2D eigenvalue weighted by Gasteiger charge is 2.52. The van der Waals surface area contributed by atoms with Gasteiger partial charge in [0.15, 0.2) is 0 Å². The summed E-state index contributed by atoms with van der Waals surface area (Å²) in [7, 11) is 0. The van der Waals surface area contributed by atoms with Gasteiger partial charge in [0.05, 0.1) is 11.1 Å². The average Bonchev–Trinajstić information content (AvgIpc) is 3.99. The number of rotatable bonds is 4. The highest BCUT2D eigenvalue weighted by atomic mass is 16.3. The molecule has 0 saturated carbocycles. The topological polar surface area (TPSA) is 16.4 Å². The van der Waals surface area contributed by atoms with Crippen LogP contribution in [0.5, 0.6) is 0 Å². The summed E-state index contributed by atoms with van der Waals surface area (Å²) in [5.74, 6) is 0. The van der Waals surface area contributed by atoms with Crippen molar-refractivity contribution in [3.05, 3.63) is 234 Å². The molecule has 3 aliphatic carbocycles. The minimum Gasteiger partial charge on any atom is -0.456 e. The Labute approximate surface area is 349 Å². The van der Waals surface area contributed by atoms with Crippen molar-refractivity contribution in [3.8, 4) is 44.5 Å². The van der Waals surface area contributed by atoms with E-state index in [1.165, 1.54) is 66.8 Å². The second-order valence-electron chi connectivity index (χ2n) is 17.1. The van der Waals surface area contributed by atoms with E-state index in [4.69, 9.17) is 4.42 Å². The molecule has 3 aliphatic rings.